The van der Waals surface area contributed by atoms with Gasteiger partial charge in [0.15, 0.2) is 0 Å². The molecule has 4 heteroatoms. The second-order valence-electron chi connectivity index (χ2n) is 2.66. The summed E-state index contributed by atoms with van der Waals surface area (Å²) in [6.45, 7) is 1.37. The summed E-state index contributed by atoms with van der Waals surface area (Å²) in [5.74, 6) is 5.99. The lowest BCUT2D eigenvalue weighted by Crippen LogP contribution is -2.33. The average Bonchev–Trinajstić information content (AvgIpc) is 2.19. The number of hydrogen-bond donors (Lipinski definition) is 3. The number of ether oxygens (including phenoxy) is 1. The van der Waals surface area contributed by atoms with Crippen LogP contribution in [0.3, 0.4) is 0 Å². The van der Waals surface area contributed by atoms with Crippen LogP contribution in [-0.4, -0.2) is 13.8 Å². The maximum absolute atomic E-state index is 5.11. The third-order valence-electron chi connectivity index (χ3n) is 1.69. The van der Waals surface area contributed by atoms with E-state index in [1.807, 2.05) is 24.3 Å². The Labute approximate surface area is 78.0 Å². The van der Waals surface area contributed by atoms with Crippen molar-refractivity contribution in [2.75, 3.05) is 13.8 Å². The minimum atomic E-state index is 0.594. The lowest BCUT2D eigenvalue weighted by molar-refractivity contribution is 0.414. The molecular weight excluding hydrogens is 166 g/mol. The number of benzene rings is 1. The third kappa shape index (κ3) is 3.42. The zero-order valence-electron chi connectivity index (χ0n) is 7.71. The maximum atomic E-state index is 5.11. The highest BCUT2D eigenvalue weighted by Gasteiger charge is 1.93. The molecule has 1 aromatic rings. The zero-order chi connectivity index (χ0) is 9.52. The van der Waals surface area contributed by atoms with Gasteiger partial charge < -0.3 is 4.74 Å². The molecule has 0 spiro atoms. The van der Waals surface area contributed by atoms with Crippen molar-refractivity contribution in [2.45, 2.75) is 6.54 Å². The van der Waals surface area contributed by atoms with E-state index >= 15 is 0 Å². The first-order valence-electron chi connectivity index (χ1n) is 4.14. The fourth-order valence-electron chi connectivity index (χ4n) is 1.06. The first-order chi connectivity index (χ1) is 6.36. The molecular formula is C9H15N3O. The van der Waals surface area contributed by atoms with Crippen molar-refractivity contribution in [1.29, 1.82) is 0 Å². The normalized spacial score (nSPS) is 10.0. The van der Waals surface area contributed by atoms with E-state index in [0.717, 1.165) is 12.3 Å². The molecule has 0 unspecified atom stereocenters. The van der Waals surface area contributed by atoms with Crippen molar-refractivity contribution in [3.8, 4) is 5.75 Å². The summed E-state index contributed by atoms with van der Waals surface area (Å²) >= 11 is 0. The highest BCUT2D eigenvalue weighted by atomic mass is 16.5. The fourth-order valence-corrected chi connectivity index (χ4v) is 1.06. The van der Waals surface area contributed by atoms with Gasteiger partial charge in [-0.05, 0) is 17.7 Å². The predicted octanol–water partition coefficient (Wildman–Crippen LogP) is 0.206. The van der Waals surface area contributed by atoms with Gasteiger partial charge in [-0.3, -0.25) is 11.2 Å². The summed E-state index contributed by atoms with van der Waals surface area (Å²) in [6.07, 6.45) is 0. The molecule has 4 N–H and O–H groups in total. The molecule has 72 valence electrons. The molecule has 4 nitrogen and oxygen atoms in total. The smallest absolute Gasteiger partial charge is 0.119 e. The first kappa shape index (κ1) is 9.98. The quantitative estimate of drug-likeness (QED) is 0.263. The van der Waals surface area contributed by atoms with Gasteiger partial charge in [0, 0.05) is 6.54 Å². The molecule has 0 saturated carbocycles. The van der Waals surface area contributed by atoms with Gasteiger partial charge in [-0.25, -0.2) is 5.43 Å². The molecule has 1 rings (SSSR count). The summed E-state index contributed by atoms with van der Waals surface area (Å²) in [7, 11) is 1.66. The van der Waals surface area contributed by atoms with Crippen LogP contribution >= 0.6 is 0 Å². The lowest BCUT2D eigenvalue weighted by atomic mass is 10.2. The Morgan fingerprint density at radius 2 is 2.31 bits per heavy atom. The SMILES string of the molecule is COc1cccc(CNCNN)c1. The van der Waals surface area contributed by atoms with Crippen LogP contribution in [0.15, 0.2) is 24.3 Å². The standard InChI is InChI=1S/C9H15N3O/c1-13-9-4-2-3-8(5-9)6-11-7-12-10/h2-5,11-12H,6-7,10H2,1H3. The van der Waals surface area contributed by atoms with Gasteiger partial charge in [0.05, 0.1) is 13.8 Å². The summed E-state index contributed by atoms with van der Waals surface area (Å²) in [4.78, 5) is 0. The van der Waals surface area contributed by atoms with Crippen LogP contribution in [-0.2, 0) is 6.54 Å². The second-order valence-corrected chi connectivity index (χ2v) is 2.66. The van der Waals surface area contributed by atoms with Crippen molar-refractivity contribution in [3.63, 3.8) is 0 Å². The van der Waals surface area contributed by atoms with Gasteiger partial charge in [0.1, 0.15) is 5.75 Å². The van der Waals surface area contributed by atoms with E-state index in [-0.39, 0.29) is 0 Å². The van der Waals surface area contributed by atoms with Gasteiger partial charge in [-0.2, -0.15) is 0 Å². The third-order valence-corrected chi connectivity index (χ3v) is 1.69. The van der Waals surface area contributed by atoms with Crippen LogP contribution in [0, 0.1) is 0 Å². The summed E-state index contributed by atoms with van der Waals surface area (Å²) < 4.78 is 5.09. The molecule has 0 bridgehead atoms. The van der Waals surface area contributed by atoms with Gasteiger partial charge in [-0.1, -0.05) is 12.1 Å². The minimum Gasteiger partial charge on any atom is -0.497 e. The van der Waals surface area contributed by atoms with Gasteiger partial charge in [-0.15, -0.1) is 0 Å². The molecule has 0 saturated heterocycles. The van der Waals surface area contributed by atoms with Crippen LogP contribution in [0.1, 0.15) is 5.56 Å². The van der Waals surface area contributed by atoms with Crippen molar-refractivity contribution in [3.05, 3.63) is 29.8 Å². The summed E-state index contributed by atoms with van der Waals surface area (Å²) in [6, 6.07) is 7.91. The van der Waals surface area contributed by atoms with Crippen molar-refractivity contribution < 1.29 is 4.74 Å². The largest absolute Gasteiger partial charge is 0.497 e. The number of nitrogens with two attached hydrogens (primary N) is 1. The molecule has 0 atom stereocenters. The Hall–Kier alpha value is -1.10. The number of methoxy groups -OCH3 is 1. The highest BCUT2D eigenvalue weighted by Crippen LogP contribution is 2.11. The number of nitrogens with one attached hydrogen (secondary N) is 2. The Morgan fingerprint density at radius 1 is 1.46 bits per heavy atom. The van der Waals surface area contributed by atoms with E-state index in [1.165, 1.54) is 5.56 Å². The number of hydrogen-bond acceptors (Lipinski definition) is 4. The van der Waals surface area contributed by atoms with Crippen molar-refractivity contribution >= 4 is 0 Å². The van der Waals surface area contributed by atoms with Crippen LogP contribution in [0.4, 0.5) is 0 Å². The van der Waals surface area contributed by atoms with E-state index in [1.54, 1.807) is 7.11 Å². The van der Waals surface area contributed by atoms with E-state index < -0.39 is 0 Å². The monoisotopic (exact) mass is 181 g/mol. The molecule has 0 aliphatic carbocycles. The topological polar surface area (TPSA) is 59.3 Å². The molecule has 0 radical (unpaired) electrons. The molecule has 0 fully saturated rings. The molecule has 0 aliphatic heterocycles. The fraction of sp³-hybridized carbons (Fsp3) is 0.333. The molecule has 0 aliphatic rings. The Kier molecular flexibility index (Phi) is 4.25. The molecule has 0 heterocycles. The van der Waals surface area contributed by atoms with Crippen LogP contribution in [0.5, 0.6) is 5.75 Å². The minimum absolute atomic E-state index is 0.594. The Balaban J connectivity index is 2.46. The van der Waals surface area contributed by atoms with E-state index in [2.05, 4.69) is 10.7 Å². The highest BCUT2D eigenvalue weighted by molar-refractivity contribution is 5.28. The van der Waals surface area contributed by atoms with Gasteiger partial charge in [0.25, 0.3) is 0 Å². The number of rotatable bonds is 5. The van der Waals surface area contributed by atoms with Crippen molar-refractivity contribution in [1.82, 2.24) is 10.7 Å². The van der Waals surface area contributed by atoms with Crippen LogP contribution in [0.2, 0.25) is 0 Å². The maximum Gasteiger partial charge on any atom is 0.119 e. The number of hydrazine groups is 1. The average molecular weight is 181 g/mol. The predicted molar refractivity (Wildman–Crippen MR) is 52.0 cm³/mol. The molecule has 1 aromatic carbocycles. The van der Waals surface area contributed by atoms with Crippen molar-refractivity contribution in [2.24, 2.45) is 5.84 Å². The molecule has 0 amide bonds. The zero-order valence-corrected chi connectivity index (χ0v) is 7.71. The summed E-state index contributed by atoms with van der Waals surface area (Å²) in [5.41, 5.74) is 3.70. The Bertz CT molecular complexity index is 252. The second kappa shape index (κ2) is 5.53. The summed E-state index contributed by atoms with van der Waals surface area (Å²) in [5, 5.41) is 3.11. The van der Waals surface area contributed by atoms with Gasteiger partial charge >= 0.3 is 0 Å². The van der Waals surface area contributed by atoms with E-state index in [9.17, 15) is 0 Å². The van der Waals surface area contributed by atoms with E-state index in [4.69, 9.17) is 10.6 Å². The van der Waals surface area contributed by atoms with Crippen LogP contribution in [0.25, 0.3) is 0 Å². The van der Waals surface area contributed by atoms with Crippen LogP contribution < -0.4 is 21.3 Å². The lowest BCUT2D eigenvalue weighted by Gasteiger charge is -2.05. The molecule has 0 aromatic heterocycles. The van der Waals surface area contributed by atoms with Gasteiger partial charge in [0.2, 0.25) is 0 Å². The first-order valence-corrected chi connectivity index (χ1v) is 4.14. The van der Waals surface area contributed by atoms with E-state index in [0.29, 0.717) is 6.67 Å². The Morgan fingerprint density at radius 3 is 3.00 bits per heavy atom. The molecule has 13 heavy (non-hydrogen) atoms.